The van der Waals surface area contributed by atoms with Crippen LogP contribution in [0.4, 0.5) is 4.39 Å². The van der Waals surface area contributed by atoms with Crippen LogP contribution in [0.2, 0.25) is 0 Å². The summed E-state index contributed by atoms with van der Waals surface area (Å²) in [6.45, 7) is 6.03. The fourth-order valence-corrected chi connectivity index (χ4v) is 4.85. The second kappa shape index (κ2) is 14.3. The van der Waals surface area contributed by atoms with Crippen molar-refractivity contribution in [1.29, 1.82) is 0 Å². The average Bonchev–Trinajstić information content (AvgIpc) is 2.95. The van der Waals surface area contributed by atoms with E-state index in [1.54, 1.807) is 0 Å². The van der Waals surface area contributed by atoms with E-state index in [1.807, 2.05) is 36.4 Å². The Balaban J connectivity index is 1.34. The highest BCUT2D eigenvalue weighted by Crippen LogP contribution is 2.23. The minimum Gasteiger partial charge on any atom is -0.205 e. The van der Waals surface area contributed by atoms with Crippen molar-refractivity contribution in [2.45, 2.75) is 71.1 Å². The highest BCUT2D eigenvalue weighted by molar-refractivity contribution is 5.85. The molecule has 0 aliphatic carbocycles. The summed E-state index contributed by atoms with van der Waals surface area (Å²) in [6.07, 6.45) is 13.4. The lowest BCUT2D eigenvalue weighted by Gasteiger charge is -2.06. The molecule has 0 spiro atoms. The van der Waals surface area contributed by atoms with Gasteiger partial charge in [0.1, 0.15) is 5.82 Å². The van der Waals surface area contributed by atoms with Gasteiger partial charge in [-0.3, -0.25) is 0 Å². The molecule has 0 atom stereocenters. The molecule has 0 heterocycles. The summed E-state index contributed by atoms with van der Waals surface area (Å²) in [7, 11) is 0. The van der Waals surface area contributed by atoms with E-state index in [4.69, 9.17) is 0 Å². The van der Waals surface area contributed by atoms with E-state index in [0.29, 0.717) is 10.9 Å². The number of allylic oxidation sites excluding steroid dienone is 1. The molecule has 0 aliphatic rings. The molecular formula is C37H39F. The van der Waals surface area contributed by atoms with Gasteiger partial charge < -0.3 is 0 Å². The SMILES string of the molecule is C=CCCc1ccc(CCc2ccc(C#Cc3ccc4cc(CCCCCCC)ccc4c3F)cc2)cc1. The second-order valence-electron chi connectivity index (χ2n) is 10.2. The lowest BCUT2D eigenvalue weighted by atomic mass is 10.00. The first-order valence-corrected chi connectivity index (χ1v) is 14.2. The average molecular weight is 503 g/mol. The molecule has 0 saturated heterocycles. The lowest BCUT2D eigenvalue weighted by molar-refractivity contribution is 0.631. The molecule has 194 valence electrons. The van der Waals surface area contributed by atoms with Crippen LogP contribution in [0.3, 0.4) is 0 Å². The Labute approximate surface area is 228 Å². The number of benzene rings is 4. The minimum atomic E-state index is -0.225. The van der Waals surface area contributed by atoms with Crippen molar-refractivity contribution in [1.82, 2.24) is 0 Å². The Morgan fingerprint density at radius 1 is 0.658 bits per heavy atom. The van der Waals surface area contributed by atoms with E-state index in [0.717, 1.165) is 43.1 Å². The summed E-state index contributed by atoms with van der Waals surface area (Å²) in [5, 5.41) is 1.60. The standard InChI is InChI=1S/C37H39F/c1-3-5-7-8-9-11-33-23-27-36-35(28-33)26-25-34(37(36)38)24-22-32-20-18-31(19-21-32)17-16-30-14-12-29(13-15-30)10-6-4-2/h4,12-15,18-21,23,25-28H,2-3,5-11,16-17H2,1H3. The quantitative estimate of drug-likeness (QED) is 0.103. The maximum Gasteiger partial charge on any atom is 0.146 e. The largest absolute Gasteiger partial charge is 0.205 e. The van der Waals surface area contributed by atoms with Gasteiger partial charge in [0.2, 0.25) is 0 Å². The van der Waals surface area contributed by atoms with Crippen LogP contribution in [-0.4, -0.2) is 0 Å². The van der Waals surface area contributed by atoms with E-state index in [-0.39, 0.29) is 5.82 Å². The zero-order chi connectivity index (χ0) is 26.6. The third-order valence-corrected chi connectivity index (χ3v) is 7.25. The molecule has 0 fully saturated rings. The molecule has 4 aromatic rings. The van der Waals surface area contributed by atoms with Crippen molar-refractivity contribution in [3.63, 3.8) is 0 Å². The zero-order valence-electron chi connectivity index (χ0n) is 22.7. The molecule has 4 aromatic carbocycles. The second-order valence-corrected chi connectivity index (χ2v) is 10.2. The Bertz CT molecular complexity index is 1380. The highest BCUT2D eigenvalue weighted by atomic mass is 19.1. The number of hydrogen-bond donors (Lipinski definition) is 0. The molecule has 0 bridgehead atoms. The van der Waals surface area contributed by atoms with Gasteiger partial charge in [-0.05, 0) is 84.4 Å². The van der Waals surface area contributed by atoms with E-state index < -0.39 is 0 Å². The highest BCUT2D eigenvalue weighted by Gasteiger charge is 2.07. The number of aryl methyl sites for hydroxylation is 4. The molecule has 0 saturated carbocycles. The number of halogens is 1. The Morgan fingerprint density at radius 3 is 1.97 bits per heavy atom. The topological polar surface area (TPSA) is 0 Å². The van der Waals surface area contributed by atoms with Gasteiger partial charge in [0.05, 0.1) is 5.56 Å². The van der Waals surface area contributed by atoms with E-state index >= 15 is 4.39 Å². The summed E-state index contributed by atoms with van der Waals surface area (Å²) in [6, 6.07) is 27.1. The van der Waals surface area contributed by atoms with Crippen molar-refractivity contribution in [3.8, 4) is 11.8 Å². The smallest absolute Gasteiger partial charge is 0.146 e. The first-order chi connectivity index (χ1) is 18.7. The molecular weight excluding hydrogens is 463 g/mol. The number of fused-ring (bicyclic) bond motifs is 1. The van der Waals surface area contributed by atoms with Crippen LogP contribution in [-0.2, 0) is 25.7 Å². The summed E-state index contributed by atoms with van der Waals surface area (Å²) in [5.74, 6) is 5.98. The van der Waals surface area contributed by atoms with Crippen LogP contribution in [0.25, 0.3) is 10.8 Å². The maximum absolute atomic E-state index is 15.2. The van der Waals surface area contributed by atoms with Gasteiger partial charge in [-0.2, -0.15) is 0 Å². The minimum absolute atomic E-state index is 0.225. The van der Waals surface area contributed by atoms with E-state index in [2.05, 4.69) is 73.9 Å². The number of hydrogen-bond acceptors (Lipinski definition) is 0. The van der Waals surface area contributed by atoms with Gasteiger partial charge in [-0.15, -0.1) is 6.58 Å². The van der Waals surface area contributed by atoms with Crippen LogP contribution in [0, 0.1) is 17.7 Å². The summed E-state index contributed by atoms with van der Waals surface area (Å²) >= 11 is 0. The number of rotatable bonds is 12. The summed E-state index contributed by atoms with van der Waals surface area (Å²) in [4.78, 5) is 0. The van der Waals surface area contributed by atoms with Gasteiger partial charge in [0, 0.05) is 10.9 Å². The molecule has 0 nitrogen and oxygen atoms in total. The molecule has 38 heavy (non-hydrogen) atoms. The van der Waals surface area contributed by atoms with E-state index in [1.165, 1.54) is 54.4 Å². The van der Waals surface area contributed by atoms with Gasteiger partial charge >= 0.3 is 0 Å². The fourth-order valence-electron chi connectivity index (χ4n) is 4.85. The van der Waals surface area contributed by atoms with Crippen LogP contribution >= 0.6 is 0 Å². The first kappa shape index (κ1) is 27.4. The molecule has 0 amide bonds. The molecule has 0 N–H and O–H groups in total. The predicted octanol–water partition coefficient (Wildman–Crippen LogP) is 9.80. The zero-order valence-corrected chi connectivity index (χ0v) is 22.7. The van der Waals surface area contributed by atoms with Crippen LogP contribution in [0.15, 0.2) is 91.5 Å². The summed E-state index contributed by atoms with van der Waals surface area (Å²) in [5.41, 5.74) is 6.63. The van der Waals surface area contributed by atoms with Crippen molar-refractivity contribution in [3.05, 3.63) is 131 Å². The Kier molecular flexibility index (Phi) is 10.3. The predicted molar refractivity (Wildman–Crippen MR) is 161 cm³/mol. The third-order valence-electron chi connectivity index (χ3n) is 7.25. The van der Waals surface area contributed by atoms with Crippen molar-refractivity contribution >= 4 is 10.8 Å². The number of unbranched alkanes of at least 4 members (excludes halogenated alkanes) is 4. The van der Waals surface area contributed by atoms with Gasteiger partial charge in [-0.25, -0.2) is 4.39 Å². The van der Waals surface area contributed by atoms with Crippen molar-refractivity contribution in [2.75, 3.05) is 0 Å². The third kappa shape index (κ3) is 7.93. The molecule has 0 radical (unpaired) electrons. The van der Waals surface area contributed by atoms with Gasteiger partial charge in [0.25, 0.3) is 0 Å². The summed E-state index contributed by atoms with van der Waals surface area (Å²) < 4.78 is 15.2. The van der Waals surface area contributed by atoms with Gasteiger partial charge in [-0.1, -0.05) is 111 Å². The molecule has 0 unspecified atom stereocenters. The normalized spacial score (nSPS) is 10.8. The van der Waals surface area contributed by atoms with Crippen LogP contribution in [0.1, 0.15) is 78.8 Å². The van der Waals surface area contributed by atoms with E-state index in [9.17, 15) is 0 Å². The molecule has 0 aromatic heterocycles. The Hall–Kier alpha value is -3.63. The van der Waals surface area contributed by atoms with Crippen LogP contribution in [0.5, 0.6) is 0 Å². The van der Waals surface area contributed by atoms with Crippen molar-refractivity contribution in [2.24, 2.45) is 0 Å². The molecule has 4 rings (SSSR count). The monoisotopic (exact) mass is 502 g/mol. The molecule has 1 heteroatoms. The molecule has 0 aliphatic heterocycles. The van der Waals surface area contributed by atoms with Crippen LogP contribution < -0.4 is 0 Å². The lowest BCUT2D eigenvalue weighted by Crippen LogP contribution is -1.92. The fraction of sp³-hybridized carbons (Fsp3) is 0.297. The van der Waals surface area contributed by atoms with Gasteiger partial charge in [0.15, 0.2) is 0 Å². The van der Waals surface area contributed by atoms with Crippen molar-refractivity contribution < 1.29 is 4.39 Å². The first-order valence-electron chi connectivity index (χ1n) is 14.2. The maximum atomic E-state index is 15.2. The Morgan fingerprint density at radius 2 is 1.29 bits per heavy atom.